The van der Waals surface area contributed by atoms with E-state index in [1.807, 2.05) is 6.07 Å². The van der Waals surface area contributed by atoms with Crippen LogP contribution in [0.3, 0.4) is 0 Å². The normalized spacial score (nSPS) is 11.7. The molecule has 3 N–H and O–H groups in total. The van der Waals surface area contributed by atoms with Gasteiger partial charge in [0.2, 0.25) is 0 Å². The van der Waals surface area contributed by atoms with Crippen molar-refractivity contribution in [2.24, 2.45) is 0 Å². The molecule has 24 heavy (non-hydrogen) atoms. The Hall–Kier alpha value is -1.87. The van der Waals surface area contributed by atoms with E-state index in [-0.39, 0.29) is 29.1 Å². The fourth-order valence-corrected chi connectivity index (χ4v) is 2.59. The van der Waals surface area contributed by atoms with Crippen molar-refractivity contribution in [3.05, 3.63) is 52.0 Å². The van der Waals surface area contributed by atoms with Gasteiger partial charge < -0.3 is 24.6 Å². The molecular weight excluding hydrogens is 379 g/mol. The van der Waals surface area contributed by atoms with E-state index in [9.17, 15) is 19.9 Å². The maximum absolute atomic E-state index is 11.1. The molecule has 6 nitrogen and oxygen atoms in total. The number of aliphatic hydroxyl groups is 1. The minimum Gasteiger partial charge on any atom is -0.493 e. The van der Waals surface area contributed by atoms with Gasteiger partial charge in [-0.3, -0.25) is 4.79 Å². The quantitative estimate of drug-likeness (QED) is 0.480. The Morgan fingerprint density at radius 3 is 2.58 bits per heavy atom. The van der Waals surface area contributed by atoms with Crippen molar-refractivity contribution < 1.29 is 29.4 Å². The van der Waals surface area contributed by atoms with Crippen LogP contribution in [-0.2, 0) is 0 Å². The fourth-order valence-electron chi connectivity index (χ4n) is 2.17. The number of methoxy groups -OCH3 is 1. The Balaban J connectivity index is 2.21. The second-order valence-corrected chi connectivity index (χ2v) is 5.92. The molecule has 0 aliphatic rings. The van der Waals surface area contributed by atoms with Gasteiger partial charge in [-0.1, -0.05) is 28.1 Å². The lowest BCUT2D eigenvalue weighted by molar-refractivity contribution is 0.106. The Morgan fingerprint density at radius 1 is 1.25 bits per heavy atom. The van der Waals surface area contributed by atoms with Gasteiger partial charge in [0.15, 0.2) is 11.5 Å². The predicted molar refractivity (Wildman–Crippen MR) is 92.8 cm³/mol. The van der Waals surface area contributed by atoms with Crippen molar-refractivity contribution in [2.75, 3.05) is 13.7 Å². The number of aldehydes is 1. The van der Waals surface area contributed by atoms with E-state index in [0.717, 1.165) is 4.47 Å². The summed E-state index contributed by atoms with van der Waals surface area (Å²) in [6.07, 6.45) is -0.388. The maximum Gasteiger partial charge on any atom is 0.489 e. The number of benzene rings is 2. The first-order valence-electron chi connectivity index (χ1n) is 7.05. The molecule has 0 aromatic heterocycles. The topological polar surface area (TPSA) is 96.2 Å². The Kier molecular flexibility index (Phi) is 6.39. The second-order valence-electron chi connectivity index (χ2n) is 5.01. The molecule has 1 atom stereocenters. The SMILES string of the molecule is COc1cc(B(O)O)c(C=O)cc1OCC(O)c1cccc(Br)c1. The van der Waals surface area contributed by atoms with Gasteiger partial charge in [-0.15, -0.1) is 0 Å². The van der Waals surface area contributed by atoms with Crippen LogP contribution in [0.15, 0.2) is 40.9 Å². The number of ether oxygens (including phenoxy) is 2. The van der Waals surface area contributed by atoms with Crippen LogP contribution in [0.2, 0.25) is 0 Å². The lowest BCUT2D eigenvalue weighted by Gasteiger charge is -2.16. The molecule has 126 valence electrons. The number of aliphatic hydroxyl groups excluding tert-OH is 1. The highest BCUT2D eigenvalue weighted by atomic mass is 79.9. The molecule has 2 rings (SSSR count). The summed E-state index contributed by atoms with van der Waals surface area (Å²) in [7, 11) is -0.415. The zero-order chi connectivity index (χ0) is 17.7. The van der Waals surface area contributed by atoms with Crippen molar-refractivity contribution >= 4 is 34.8 Å². The third-order valence-corrected chi connectivity index (χ3v) is 3.90. The van der Waals surface area contributed by atoms with Gasteiger partial charge in [-0.2, -0.15) is 0 Å². The largest absolute Gasteiger partial charge is 0.493 e. The summed E-state index contributed by atoms with van der Waals surface area (Å²) < 4.78 is 11.5. The molecule has 0 aliphatic carbocycles. The molecule has 1 unspecified atom stereocenters. The van der Waals surface area contributed by atoms with E-state index in [0.29, 0.717) is 11.8 Å². The highest BCUT2D eigenvalue weighted by Crippen LogP contribution is 2.28. The number of halogens is 1. The van der Waals surface area contributed by atoms with Gasteiger partial charge >= 0.3 is 7.12 Å². The smallest absolute Gasteiger partial charge is 0.489 e. The summed E-state index contributed by atoms with van der Waals surface area (Å²) in [5.41, 5.74) is 0.751. The van der Waals surface area contributed by atoms with Crippen molar-refractivity contribution in [3.63, 3.8) is 0 Å². The van der Waals surface area contributed by atoms with E-state index < -0.39 is 13.2 Å². The van der Waals surface area contributed by atoms with Gasteiger partial charge in [-0.25, -0.2) is 0 Å². The average molecular weight is 395 g/mol. The molecule has 8 heteroatoms. The molecule has 2 aromatic rings. The van der Waals surface area contributed by atoms with Crippen LogP contribution >= 0.6 is 15.9 Å². The Bertz CT molecular complexity index is 722. The molecule has 0 amide bonds. The molecule has 0 saturated carbocycles. The number of carbonyl (C=O) groups is 1. The van der Waals surface area contributed by atoms with E-state index in [1.165, 1.54) is 19.2 Å². The van der Waals surface area contributed by atoms with Crippen LogP contribution in [0.1, 0.15) is 22.0 Å². The summed E-state index contributed by atoms with van der Waals surface area (Å²) in [5.74, 6) is 0.447. The van der Waals surface area contributed by atoms with Crippen LogP contribution in [0, 0.1) is 0 Å². The van der Waals surface area contributed by atoms with E-state index in [1.54, 1.807) is 18.2 Å². The highest BCUT2D eigenvalue weighted by Gasteiger charge is 2.20. The molecule has 0 spiro atoms. The Morgan fingerprint density at radius 2 is 2.00 bits per heavy atom. The molecular formula is C16H16BBrO6. The first-order chi connectivity index (χ1) is 11.5. The zero-order valence-corrected chi connectivity index (χ0v) is 14.4. The first-order valence-corrected chi connectivity index (χ1v) is 7.85. The predicted octanol–water partition coefficient (Wildman–Crippen LogP) is 1.06. The number of carbonyl (C=O) groups excluding carboxylic acids is 1. The third-order valence-electron chi connectivity index (χ3n) is 3.40. The zero-order valence-electron chi connectivity index (χ0n) is 12.8. The molecule has 0 radical (unpaired) electrons. The number of hydrogen-bond donors (Lipinski definition) is 3. The summed E-state index contributed by atoms with van der Waals surface area (Å²) >= 11 is 3.33. The highest BCUT2D eigenvalue weighted by molar-refractivity contribution is 9.10. The van der Waals surface area contributed by atoms with Crippen LogP contribution < -0.4 is 14.9 Å². The molecule has 0 bridgehead atoms. The van der Waals surface area contributed by atoms with Crippen molar-refractivity contribution in [2.45, 2.75) is 6.10 Å². The minimum absolute atomic E-state index is 0.0155. The van der Waals surface area contributed by atoms with Crippen LogP contribution in [0.25, 0.3) is 0 Å². The van der Waals surface area contributed by atoms with Gasteiger partial charge in [-0.05, 0) is 35.3 Å². The van der Waals surface area contributed by atoms with Crippen molar-refractivity contribution in [3.8, 4) is 11.5 Å². The standard InChI is InChI=1S/C16H16BBrO6/c1-23-15-7-13(17(21)22)11(8-19)6-16(15)24-9-14(20)10-3-2-4-12(18)5-10/h2-8,14,20-22H,9H2,1H3. The summed E-state index contributed by atoms with van der Waals surface area (Å²) in [6.45, 7) is -0.0634. The van der Waals surface area contributed by atoms with Gasteiger partial charge in [0.1, 0.15) is 19.0 Å². The van der Waals surface area contributed by atoms with E-state index >= 15 is 0 Å². The Labute approximate surface area is 147 Å². The molecule has 0 heterocycles. The third kappa shape index (κ3) is 4.36. The summed E-state index contributed by atoms with van der Waals surface area (Å²) in [6, 6.07) is 9.83. The van der Waals surface area contributed by atoms with E-state index in [4.69, 9.17) is 9.47 Å². The lowest BCUT2D eigenvalue weighted by atomic mass is 9.77. The van der Waals surface area contributed by atoms with Crippen LogP contribution in [0.5, 0.6) is 11.5 Å². The fraction of sp³-hybridized carbons (Fsp3) is 0.188. The summed E-state index contributed by atoms with van der Waals surface area (Å²) in [5, 5.41) is 28.8. The van der Waals surface area contributed by atoms with E-state index in [2.05, 4.69) is 15.9 Å². The second kappa shape index (κ2) is 8.30. The monoisotopic (exact) mass is 394 g/mol. The summed E-state index contributed by atoms with van der Waals surface area (Å²) in [4.78, 5) is 11.1. The van der Waals surface area contributed by atoms with Crippen molar-refractivity contribution in [1.29, 1.82) is 0 Å². The van der Waals surface area contributed by atoms with Crippen LogP contribution in [-0.4, -0.2) is 42.3 Å². The average Bonchev–Trinajstić information content (AvgIpc) is 2.58. The van der Waals surface area contributed by atoms with Crippen molar-refractivity contribution in [1.82, 2.24) is 0 Å². The van der Waals surface area contributed by atoms with Gasteiger partial charge in [0.25, 0.3) is 0 Å². The van der Waals surface area contributed by atoms with Crippen LogP contribution in [0.4, 0.5) is 0 Å². The minimum atomic E-state index is -1.81. The van der Waals surface area contributed by atoms with Gasteiger partial charge in [0, 0.05) is 10.0 Å². The first kappa shape index (κ1) is 18.5. The maximum atomic E-state index is 11.1. The van der Waals surface area contributed by atoms with Gasteiger partial charge in [0.05, 0.1) is 7.11 Å². The number of hydrogen-bond acceptors (Lipinski definition) is 6. The molecule has 2 aromatic carbocycles. The lowest BCUT2D eigenvalue weighted by Crippen LogP contribution is -2.33. The molecule has 0 fully saturated rings. The molecule has 0 aliphatic heterocycles. The number of rotatable bonds is 7. The molecule has 0 saturated heterocycles.